The maximum absolute atomic E-state index is 11.9. The smallest absolute Gasteiger partial charge is 0.338 e. The van der Waals surface area contributed by atoms with Crippen LogP contribution in [0.3, 0.4) is 0 Å². The zero-order valence-electron chi connectivity index (χ0n) is 10.7. The van der Waals surface area contributed by atoms with Crippen molar-refractivity contribution in [3.8, 4) is 0 Å². The van der Waals surface area contributed by atoms with Crippen molar-refractivity contribution in [3.63, 3.8) is 0 Å². The van der Waals surface area contributed by atoms with Gasteiger partial charge in [-0.1, -0.05) is 31.0 Å². The number of carbonyl (C=O) groups excluding carboxylic acids is 1. The molecule has 0 spiro atoms. The van der Waals surface area contributed by atoms with Crippen LogP contribution in [-0.4, -0.2) is 25.8 Å². The molecule has 1 rings (SSSR count). The zero-order valence-corrected chi connectivity index (χ0v) is 10.7. The highest BCUT2D eigenvalue weighted by Gasteiger charge is 2.15. The van der Waals surface area contributed by atoms with Gasteiger partial charge in [-0.25, -0.2) is 4.79 Å². The zero-order chi connectivity index (χ0) is 12.7. The molecule has 1 aromatic carbocycles. The number of hydrogen-bond donors (Lipinski definition) is 0. The third-order valence-corrected chi connectivity index (χ3v) is 2.49. The normalized spacial score (nSPS) is 12.2. The average molecular weight is 236 g/mol. The molecule has 0 bridgehead atoms. The number of benzene rings is 1. The van der Waals surface area contributed by atoms with Crippen molar-refractivity contribution in [2.75, 3.05) is 13.7 Å². The van der Waals surface area contributed by atoms with Gasteiger partial charge in [-0.05, 0) is 25.5 Å². The van der Waals surface area contributed by atoms with E-state index in [0.29, 0.717) is 12.2 Å². The fraction of sp³-hybridized carbons (Fsp3) is 0.500. The Hall–Kier alpha value is -1.35. The highest BCUT2D eigenvalue weighted by Crippen LogP contribution is 2.10. The molecule has 94 valence electrons. The Labute approximate surface area is 103 Å². The van der Waals surface area contributed by atoms with E-state index in [1.807, 2.05) is 25.1 Å². The van der Waals surface area contributed by atoms with Gasteiger partial charge in [0.15, 0.2) is 0 Å². The molecule has 0 fully saturated rings. The first-order valence-electron chi connectivity index (χ1n) is 5.94. The molecule has 3 nitrogen and oxygen atoms in total. The number of rotatable bonds is 6. The monoisotopic (exact) mass is 236 g/mol. The minimum atomic E-state index is -0.274. The molecule has 0 N–H and O–H groups in total. The van der Waals surface area contributed by atoms with Gasteiger partial charge < -0.3 is 9.47 Å². The SMILES string of the molecule is CCCC(COC)OC(=O)c1cccc(C)c1. The van der Waals surface area contributed by atoms with E-state index in [1.165, 1.54) is 0 Å². The number of methoxy groups -OCH3 is 1. The van der Waals surface area contributed by atoms with Crippen molar-refractivity contribution in [1.29, 1.82) is 0 Å². The first-order chi connectivity index (χ1) is 8.17. The molecule has 1 atom stereocenters. The highest BCUT2D eigenvalue weighted by atomic mass is 16.6. The van der Waals surface area contributed by atoms with Crippen LogP contribution < -0.4 is 0 Å². The van der Waals surface area contributed by atoms with Crippen LogP contribution in [0, 0.1) is 6.92 Å². The molecule has 0 saturated heterocycles. The lowest BCUT2D eigenvalue weighted by atomic mass is 10.1. The molecule has 0 heterocycles. The Morgan fingerprint density at radius 1 is 1.41 bits per heavy atom. The van der Waals surface area contributed by atoms with Gasteiger partial charge in [0.1, 0.15) is 6.10 Å². The fourth-order valence-corrected chi connectivity index (χ4v) is 1.68. The van der Waals surface area contributed by atoms with Gasteiger partial charge in [-0.15, -0.1) is 0 Å². The third kappa shape index (κ3) is 4.57. The maximum atomic E-state index is 11.9. The predicted octanol–water partition coefficient (Wildman–Crippen LogP) is 2.97. The van der Waals surface area contributed by atoms with Crippen molar-refractivity contribution in [1.82, 2.24) is 0 Å². The molecule has 0 aromatic heterocycles. The van der Waals surface area contributed by atoms with Crippen LogP contribution in [0.1, 0.15) is 35.7 Å². The second kappa shape index (κ2) is 7.07. The molecular formula is C14H20O3. The van der Waals surface area contributed by atoms with Gasteiger partial charge in [-0.2, -0.15) is 0 Å². The molecule has 17 heavy (non-hydrogen) atoms. The van der Waals surface area contributed by atoms with E-state index in [1.54, 1.807) is 13.2 Å². The Balaban J connectivity index is 2.63. The van der Waals surface area contributed by atoms with Gasteiger partial charge in [0, 0.05) is 7.11 Å². The van der Waals surface area contributed by atoms with E-state index in [4.69, 9.17) is 9.47 Å². The molecular weight excluding hydrogens is 216 g/mol. The third-order valence-electron chi connectivity index (χ3n) is 2.49. The lowest BCUT2D eigenvalue weighted by Crippen LogP contribution is -2.23. The van der Waals surface area contributed by atoms with Crippen LogP contribution in [-0.2, 0) is 9.47 Å². The molecule has 0 saturated carbocycles. The number of aryl methyl sites for hydroxylation is 1. The van der Waals surface area contributed by atoms with Crippen molar-refractivity contribution in [3.05, 3.63) is 35.4 Å². The first-order valence-corrected chi connectivity index (χ1v) is 5.94. The molecule has 0 aliphatic heterocycles. The largest absolute Gasteiger partial charge is 0.456 e. The van der Waals surface area contributed by atoms with Crippen LogP contribution in [0.15, 0.2) is 24.3 Å². The van der Waals surface area contributed by atoms with Crippen LogP contribution in [0.2, 0.25) is 0 Å². The van der Waals surface area contributed by atoms with Gasteiger partial charge in [0.2, 0.25) is 0 Å². The van der Waals surface area contributed by atoms with E-state index in [9.17, 15) is 4.79 Å². The van der Waals surface area contributed by atoms with Crippen molar-refractivity contribution in [2.24, 2.45) is 0 Å². The van der Waals surface area contributed by atoms with Crippen LogP contribution in [0.25, 0.3) is 0 Å². The summed E-state index contributed by atoms with van der Waals surface area (Å²) in [5.74, 6) is -0.274. The highest BCUT2D eigenvalue weighted by molar-refractivity contribution is 5.89. The topological polar surface area (TPSA) is 35.5 Å². The van der Waals surface area contributed by atoms with E-state index >= 15 is 0 Å². The Kier molecular flexibility index (Phi) is 5.70. The van der Waals surface area contributed by atoms with Gasteiger partial charge in [0.05, 0.1) is 12.2 Å². The lowest BCUT2D eigenvalue weighted by molar-refractivity contribution is 0.00297. The Morgan fingerprint density at radius 3 is 2.76 bits per heavy atom. The molecule has 0 radical (unpaired) electrons. The summed E-state index contributed by atoms with van der Waals surface area (Å²) in [5, 5.41) is 0. The molecule has 0 aliphatic rings. The summed E-state index contributed by atoms with van der Waals surface area (Å²) in [5.41, 5.74) is 1.65. The van der Waals surface area contributed by atoms with Crippen molar-refractivity contribution < 1.29 is 14.3 Å². The molecule has 0 aliphatic carbocycles. The Morgan fingerprint density at radius 2 is 2.18 bits per heavy atom. The molecule has 0 amide bonds. The minimum Gasteiger partial charge on any atom is -0.456 e. The fourth-order valence-electron chi connectivity index (χ4n) is 1.68. The lowest BCUT2D eigenvalue weighted by Gasteiger charge is -2.16. The second-order valence-electron chi connectivity index (χ2n) is 4.14. The van der Waals surface area contributed by atoms with Crippen LogP contribution in [0.4, 0.5) is 0 Å². The molecule has 3 heteroatoms. The van der Waals surface area contributed by atoms with Gasteiger partial charge in [0.25, 0.3) is 0 Å². The van der Waals surface area contributed by atoms with Crippen molar-refractivity contribution in [2.45, 2.75) is 32.8 Å². The summed E-state index contributed by atoms with van der Waals surface area (Å²) in [6.45, 7) is 4.46. The quantitative estimate of drug-likeness (QED) is 0.712. The predicted molar refractivity (Wildman–Crippen MR) is 67.2 cm³/mol. The number of ether oxygens (including phenoxy) is 2. The van der Waals surface area contributed by atoms with E-state index in [2.05, 4.69) is 6.92 Å². The summed E-state index contributed by atoms with van der Waals surface area (Å²) in [6.07, 6.45) is 1.64. The first kappa shape index (κ1) is 13.7. The van der Waals surface area contributed by atoms with E-state index in [0.717, 1.165) is 18.4 Å². The van der Waals surface area contributed by atoms with Gasteiger partial charge >= 0.3 is 5.97 Å². The van der Waals surface area contributed by atoms with Crippen LogP contribution >= 0.6 is 0 Å². The standard InChI is InChI=1S/C14H20O3/c1-4-6-13(10-16-3)17-14(15)12-8-5-7-11(2)9-12/h5,7-9,13H,4,6,10H2,1-3H3. The van der Waals surface area contributed by atoms with E-state index in [-0.39, 0.29) is 12.1 Å². The second-order valence-corrected chi connectivity index (χ2v) is 4.14. The summed E-state index contributed by atoms with van der Waals surface area (Å²) in [4.78, 5) is 11.9. The number of carbonyl (C=O) groups is 1. The minimum absolute atomic E-state index is 0.155. The number of hydrogen-bond acceptors (Lipinski definition) is 3. The van der Waals surface area contributed by atoms with Crippen LogP contribution in [0.5, 0.6) is 0 Å². The summed E-state index contributed by atoms with van der Waals surface area (Å²) in [7, 11) is 1.61. The Bertz CT molecular complexity index is 354. The maximum Gasteiger partial charge on any atom is 0.338 e. The van der Waals surface area contributed by atoms with Gasteiger partial charge in [-0.3, -0.25) is 0 Å². The summed E-state index contributed by atoms with van der Waals surface area (Å²) in [6, 6.07) is 7.41. The molecule has 1 aromatic rings. The molecule has 1 unspecified atom stereocenters. The van der Waals surface area contributed by atoms with E-state index < -0.39 is 0 Å². The average Bonchev–Trinajstić information content (AvgIpc) is 2.29. The summed E-state index contributed by atoms with van der Waals surface area (Å²) < 4.78 is 10.4. The number of esters is 1. The van der Waals surface area contributed by atoms with Crippen molar-refractivity contribution >= 4 is 5.97 Å². The summed E-state index contributed by atoms with van der Waals surface area (Å²) >= 11 is 0.